The molecule has 1 aliphatic carbocycles. The van der Waals surface area contributed by atoms with Gasteiger partial charge in [0, 0.05) is 36.0 Å². The van der Waals surface area contributed by atoms with E-state index in [9.17, 15) is 4.79 Å². The summed E-state index contributed by atoms with van der Waals surface area (Å²) < 4.78 is 1.94. The highest BCUT2D eigenvalue weighted by atomic mass is 16.1. The molecule has 6 nitrogen and oxygen atoms in total. The van der Waals surface area contributed by atoms with Crippen molar-refractivity contribution in [1.82, 2.24) is 15.1 Å². The molecular weight excluding hydrogens is 410 g/mol. The van der Waals surface area contributed by atoms with E-state index in [1.807, 2.05) is 53.3 Å². The minimum absolute atomic E-state index is 0.544. The SMILES string of the molecule is Nc1ccccc1N(C=O)c1ccc(Cn2cc(CNC3CC3c3ccccc3)cn2)cc1. The average molecular weight is 438 g/mol. The molecule has 5 rings (SSSR count). The molecule has 1 amide bonds. The molecule has 2 atom stereocenters. The van der Waals surface area contributed by atoms with Crippen molar-refractivity contribution in [2.45, 2.75) is 31.5 Å². The number of amides is 1. The van der Waals surface area contributed by atoms with Crippen molar-refractivity contribution in [3.63, 3.8) is 0 Å². The molecule has 4 aromatic rings. The monoisotopic (exact) mass is 437 g/mol. The van der Waals surface area contributed by atoms with Crippen LogP contribution < -0.4 is 16.0 Å². The van der Waals surface area contributed by atoms with Gasteiger partial charge in [0.1, 0.15) is 0 Å². The molecule has 2 unspecified atom stereocenters. The molecule has 0 bridgehead atoms. The number of carbonyl (C=O) groups excluding carboxylic acids is 1. The molecule has 1 heterocycles. The van der Waals surface area contributed by atoms with Gasteiger partial charge < -0.3 is 11.1 Å². The molecule has 3 aromatic carbocycles. The second kappa shape index (κ2) is 9.30. The summed E-state index contributed by atoms with van der Waals surface area (Å²) in [6, 6.07) is 26.5. The van der Waals surface area contributed by atoms with Gasteiger partial charge in [-0.05, 0) is 41.8 Å². The van der Waals surface area contributed by atoms with Gasteiger partial charge in [0.2, 0.25) is 6.41 Å². The third-order valence-electron chi connectivity index (χ3n) is 6.13. The van der Waals surface area contributed by atoms with Crippen LogP contribution in [0.4, 0.5) is 17.1 Å². The molecule has 0 aliphatic heterocycles. The van der Waals surface area contributed by atoms with Crippen LogP contribution in [0.1, 0.15) is 29.0 Å². The average Bonchev–Trinajstić information content (AvgIpc) is 3.50. The zero-order chi connectivity index (χ0) is 22.6. The van der Waals surface area contributed by atoms with Gasteiger partial charge in [-0.25, -0.2) is 0 Å². The van der Waals surface area contributed by atoms with Crippen LogP contribution in [0, 0.1) is 0 Å². The molecule has 33 heavy (non-hydrogen) atoms. The topological polar surface area (TPSA) is 76.2 Å². The molecule has 0 radical (unpaired) electrons. The van der Waals surface area contributed by atoms with Crippen LogP contribution in [0.25, 0.3) is 0 Å². The van der Waals surface area contributed by atoms with E-state index in [0.717, 1.165) is 24.2 Å². The second-order valence-corrected chi connectivity index (χ2v) is 8.49. The Hall–Kier alpha value is -3.90. The summed E-state index contributed by atoms with van der Waals surface area (Å²) in [5.74, 6) is 0.622. The number of benzene rings is 3. The van der Waals surface area contributed by atoms with Crippen molar-refractivity contribution >= 4 is 23.5 Å². The number of anilines is 3. The molecule has 0 spiro atoms. The lowest BCUT2D eigenvalue weighted by Crippen LogP contribution is -2.16. The van der Waals surface area contributed by atoms with Crippen molar-refractivity contribution < 1.29 is 4.79 Å². The van der Waals surface area contributed by atoms with Crippen LogP contribution in [0.5, 0.6) is 0 Å². The number of nitrogens with zero attached hydrogens (tertiary/aromatic N) is 3. The number of para-hydroxylation sites is 2. The standard InChI is InChI=1S/C27H27N5O/c28-25-8-4-5-9-27(25)32(19-33)23-12-10-20(11-13-23)17-31-18-21(16-30-31)15-29-26-14-24(26)22-6-2-1-3-7-22/h1-13,16,18-19,24,26,29H,14-15,17,28H2. The predicted octanol–water partition coefficient (Wildman–Crippen LogP) is 4.45. The minimum Gasteiger partial charge on any atom is -0.397 e. The van der Waals surface area contributed by atoms with Crippen LogP contribution in [-0.4, -0.2) is 22.2 Å². The Balaban J connectivity index is 1.17. The van der Waals surface area contributed by atoms with E-state index in [4.69, 9.17) is 5.73 Å². The number of nitrogen functional groups attached to an aromatic ring is 1. The largest absolute Gasteiger partial charge is 0.397 e. The number of aromatic nitrogens is 2. The van der Waals surface area contributed by atoms with Gasteiger partial charge in [-0.1, -0.05) is 54.6 Å². The molecule has 6 heteroatoms. The van der Waals surface area contributed by atoms with Gasteiger partial charge in [-0.3, -0.25) is 14.4 Å². The first-order chi connectivity index (χ1) is 16.2. The van der Waals surface area contributed by atoms with Gasteiger partial charge in [0.05, 0.1) is 24.1 Å². The first kappa shape index (κ1) is 21.0. The highest BCUT2D eigenvalue weighted by molar-refractivity contribution is 5.91. The molecule has 0 saturated heterocycles. The van der Waals surface area contributed by atoms with Gasteiger partial charge in [0.25, 0.3) is 0 Å². The van der Waals surface area contributed by atoms with Crippen LogP contribution in [-0.2, 0) is 17.9 Å². The predicted molar refractivity (Wildman–Crippen MR) is 131 cm³/mol. The zero-order valence-electron chi connectivity index (χ0n) is 18.3. The fourth-order valence-electron chi connectivity index (χ4n) is 4.23. The van der Waals surface area contributed by atoms with Crippen LogP contribution in [0.3, 0.4) is 0 Å². The van der Waals surface area contributed by atoms with Crippen LogP contribution in [0.2, 0.25) is 0 Å². The summed E-state index contributed by atoms with van der Waals surface area (Å²) in [6.07, 6.45) is 5.99. The Morgan fingerprint density at radius 1 is 1.00 bits per heavy atom. The summed E-state index contributed by atoms with van der Waals surface area (Å²) in [7, 11) is 0. The smallest absolute Gasteiger partial charge is 0.218 e. The molecule has 1 fully saturated rings. The Bertz CT molecular complexity index is 1220. The van der Waals surface area contributed by atoms with Gasteiger partial charge in [-0.2, -0.15) is 5.10 Å². The normalized spacial score (nSPS) is 17.0. The highest BCUT2D eigenvalue weighted by Crippen LogP contribution is 2.40. The molecule has 166 valence electrons. The number of hydrogen-bond donors (Lipinski definition) is 2. The number of rotatable bonds is 9. The third kappa shape index (κ3) is 4.81. The number of carbonyl (C=O) groups is 1. The number of nitrogens with one attached hydrogen (secondary N) is 1. The van der Waals surface area contributed by atoms with Crippen molar-refractivity contribution in [1.29, 1.82) is 0 Å². The maximum atomic E-state index is 11.7. The van der Waals surface area contributed by atoms with Crippen molar-refractivity contribution in [3.8, 4) is 0 Å². The Kier molecular flexibility index (Phi) is 5.91. The lowest BCUT2D eigenvalue weighted by atomic mass is 10.1. The van der Waals surface area contributed by atoms with E-state index < -0.39 is 0 Å². The fourth-order valence-corrected chi connectivity index (χ4v) is 4.23. The lowest BCUT2D eigenvalue weighted by Gasteiger charge is -2.19. The zero-order valence-corrected chi connectivity index (χ0v) is 18.3. The van der Waals surface area contributed by atoms with Gasteiger partial charge >= 0.3 is 0 Å². The lowest BCUT2D eigenvalue weighted by molar-refractivity contribution is -0.106. The first-order valence-corrected chi connectivity index (χ1v) is 11.2. The Morgan fingerprint density at radius 2 is 1.76 bits per heavy atom. The van der Waals surface area contributed by atoms with E-state index in [0.29, 0.717) is 29.9 Å². The van der Waals surface area contributed by atoms with Crippen molar-refractivity contribution in [2.75, 3.05) is 10.6 Å². The van der Waals surface area contributed by atoms with E-state index in [1.165, 1.54) is 17.5 Å². The summed E-state index contributed by atoms with van der Waals surface area (Å²) >= 11 is 0. The van der Waals surface area contributed by atoms with Crippen molar-refractivity contribution in [2.24, 2.45) is 0 Å². The highest BCUT2D eigenvalue weighted by Gasteiger charge is 2.37. The second-order valence-electron chi connectivity index (χ2n) is 8.49. The number of nitrogens with two attached hydrogens (primary N) is 1. The summed E-state index contributed by atoms with van der Waals surface area (Å²) in [4.78, 5) is 13.3. The van der Waals surface area contributed by atoms with E-state index in [2.05, 4.69) is 46.9 Å². The summed E-state index contributed by atoms with van der Waals surface area (Å²) in [6.45, 7) is 1.49. The molecule has 3 N–H and O–H groups in total. The molecule has 1 aromatic heterocycles. The molecular formula is C27H27N5O. The Morgan fingerprint density at radius 3 is 2.52 bits per heavy atom. The van der Waals surface area contributed by atoms with Gasteiger partial charge in [-0.15, -0.1) is 0 Å². The first-order valence-electron chi connectivity index (χ1n) is 11.2. The quantitative estimate of drug-likeness (QED) is 0.300. The van der Waals surface area contributed by atoms with Crippen LogP contribution >= 0.6 is 0 Å². The summed E-state index contributed by atoms with van der Waals surface area (Å²) in [5.41, 5.74) is 11.7. The van der Waals surface area contributed by atoms with Gasteiger partial charge in [0.15, 0.2) is 0 Å². The van der Waals surface area contributed by atoms with Crippen molar-refractivity contribution in [3.05, 3.63) is 108 Å². The Labute approximate surface area is 193 Å². The minimum atomic E-state index is 0.544. The van der Waals surface area contributed by atoms with E-state index in [1.54, 1.807) is 11.0 Å². The molecule has 1 aliphatic rings. The third-order valence-corrected chi connectivity index (χ3v) is 6.13. The maximum absolute atomic E-state index is 11.7. The van der Waals surface area contributed by atoms with E-state index in [-0.39, 0.29) is 0 Å². The maximum Gasteiger partial charge on any atom is 0.218 e. The fraction of sp³-hybridized carbons (Fsp3) is 0.185. The van der Waals surface area contributed by atoms with E-state index >= 15 is 0 Å². The number of hydrogen-bond acceptors (Lipinski definition) is 4. The van der Waals surface area contributed by atoms with Crippen LogP contribution in [0.15, 0.2) is 91.3 Å². The molecule has 1 saturated carbocycles. The summed E-state index contributed by atoms with van der Waals surface area (Å²) in [5, 5.41) is 8.16.